The van der Waals surface area contributed by atoms with E-state index in [9.17, 15) is 0 Å². The summed E-state index contributed by atoms with van der Waals surface area (Å²) in [7, 11) is 3.53. The second-order valence-electron chi connectivity index (χ2n) is 4.99. The maximum atomic E-state index is 5.65. The third-order valence-corrected chi connectivity index (χ3v) is 3.17. The van der Waals surface area contributed by atoms with Crippen LogP contribution in [0.2, 0.25) is 0 Å². The summed E-state index contributed by atoms with van der Waals surface area (Å²) in [6.07, 6.45) is 4.34. The van der Waals surface area contributed by atoms with E-state index in [1.165, 1.54) is 6.42 Å². The van der Waals surface area contributed by atoms with Gasteiger partial charge in [0.05, 0.1) is 6.61 Å². The lowest BCUT2D eigenvalue weighted by Crippen LogP contribution is -2.38. The number of hydrogen-bond acceptors (Lipinski definition) is 3. The Morgan fingerprint density at radius 3 is 2.36 bits per heavy atom. The molecule has 0 radical (unpaired) electrons. The molecular weight excluding hydrogens is 278 g/mol. The van der Waals surface area contributed by atoms with Gasteiger partial charge < -0.3 is 20.1 Å². The highest BCUT2D eigenvalue weighted by molar-refractivity contribution is 5.79. The van der Waals surface area contributed by atoms with Crippen molar-refractivity contribution in [2.45, 2.75) is 25.7 Å². The standard InChI is InChI=1S/C17H29N3O2/c1-18-17(19-12-7-4-8-14-21-2)20-13-9-15-22-16-10-5-3-6-11-16/h3,5-6,10-11H,4,7-9,12-15H2,1-2H3,(H2,18,19,20). The highest BCUT2D eigenvalue weighted by Gasteiger charge is 1.97. The van der Waals surface area contributed by atoms with E-state index in [1.807, 2.05) is 30.3 Å². The fraction of sp³-hybridized carbons (Fsp3) is 0.588. The van der Waals surface area contributed by atoms with Crippen molar-refractivity contribution in [1.82, 2.24) is 10.6 Å². The Balaban J connectivity index is 1.99. The number of para-hydroxylation sites is 1. The monoisotopic (exact) mass is 307 g/mol. The van der Waals surface area contributed by atoms with E-state index in [0.717, 1.165) is 50.7 Å². The first-order valence-corrected chi connectivity index (χ1v) is 7.98. The zero-order valence-corrected chi connectivity index (χ0v) is 13.8. The minimum absolute atomic E-state index is 0.699. The minimum Gasteiger partial charge on any atom is -0.494 e. The van der Waals surface area contributed by atoms with Gasteiger partial charge in [-0.25, -0.2) is 0 Å². The molecule has 1 aromatic carbocycles. The van der Waals surface area contributed by atoms with Crippen LogP contribution in [0.15, 0.2) is 35.3 Å². The summed E-state index contributed by atoms with van der Waals surface area (Å²) in [5.41, 5.74) is 0. The van der Waals surface area contributed by atoms with Crippen LogP contribution in [-0.2, 0) is 4.74 Å². The minimum atomic E-state index is 0.699. The Morgan fingerprint density at radius 2 is 1.68 bits per heavy atom. The lowest BCUT2D eigenvalue weighted by Gasteiger charge is -2.12. The molecule has 124 valence electrons. The van der Waals surface area contributed by atoms with Crippen LogP contribution in [0.1, 0.15) is 25.7 Å². The normalized spacial score (nSPS) is 11.3. The smallest absolute Gasteiger partial charge is 0.190 e. The fourth-order valence-electron chi connectivity index (χ4n) is 1.96. The van der Waals surface area contributed by atoms with Gasteiger partial charge in [-0.15, -0.1) is 0 Å². The lowest BCUT2D eigenvalue weighted by atomic mass is 10.2. The Labute approximate surface area is 134 Å². The van der Waals surface area contributed by atoms with Gasteiger partial charge in [-0.2, -0.15) is 0 Å². The van der Waals surface area contributed by atoms with E-state index in [1.54, 1.807) is 14.2 Å². The number of hydrogen-bond donors (Lipinski definition) is 2. The molecule has 5 nitrogen and oxygen atoms in total. The molecule has 0 fully saturated rings. The van der Waals surface area contributed by atoms with Crippen molar-refractivity contribution in [3.8, 4) is 5.75 Å². The molecule has 0 atom stereocenters. The first-order valence-electron chi connectivity index (χ1n) is 7.98. The first kappa shape index (κ1) is 18.3. The largest absolute Gasteiger partial charge is 0.494 e. The molecule has 0 saturated heterocycles. The van der Waals surface area contributed by atoms with Crippen molar-refractivity contribution in [3.63, 3.8) is 0 Å². The Morgan fingerprint density at radius 1 is 0.955 bits per heavy atom. The average molecular weight is 307 g/mol. The number of aliphatic imine (C=N–C) groups is 1. The van der Waals surface area contributed by atoms with Gasteiger partial charge in [-0.1, -0.05) is 18.2 Å². The Kier molecular flexibility index (Phi) is 10.8. The van der Waals surface area contributed by atoms with Gasteiger partial charge in [-0.3, -0.25) is 4.99 Å². The molecule has 0 aliphatic rings. The Bertz CT molecular complexity index is 396. The van der Waals surface area contributed by atoms with E-state index in [0.29, 0.717) is 6.61 Å². The Hall–Kier alpha value is -1.75. The first-order chi connectivity index (χ1) is 10.9. The zero-order valence-electron chi connectivity index (χ0n) is 13.8. The molecule has 0 amide bonds. The number of ether oxygens (including phenoxy) is 2. The summed E-state index contributed by atoms with van der Waals surface area (Å²) in [4.78, 5) is 4.21. The summed E-state index contributed by atoms with van der Waals surface area (Å²) < 4.78 is 10.7. The van der Waals surface area contributed by atoms with Crippen molar-refractivity contribution >= 4 is 5.96 Å². The van der Waals surface area contributed by atoms with Crippen LogP contribution in [0.4, 0.5) is 0 Å². The molecule has 22 heavy (non-hydrogen) atoms. The molecule has 0 aliphatic heterocycles. The van der Waals surface area contributed by atoms with Gasteiger partial charge >= 0.3 is 0 Å². The summed E-state index contributed by atoms with van der Waals surface area (Å²) in [6, 6.07) is 9.88. The second-order valence-corrected chi connectivity index (χ2v) is 4.99. The predicted octanol–water partition coefficient (Wildman–Crippen LogP) is 2.44. The van der Waals surface area contributed by atoms with E-state index in [-0.39, 0.29) is 0 Å². The molecule has 0 bridgehead atoms. The third kappa shape index (κ3) is 9.23. The summed E-state index contributed by atoms with van der Waals surface area (Å²) in [5.74, 6) is 1.77. The quantitative estimate of drug-likeness (QED) is 0.374. The van der Waals surface area contributed by atoms with Gasteiger partial charge in [0, 0.05) is 33.9 Å². The number of unbranched alkanes of at least 4 members (excludes halogenated alkanes) is 2. The lowest BCUT2D eigenvalue weighted by molar-refractivity contribution is 0.192. The average Bonchev–Trinajstić information content (AvgIpc) is 2.56. The summed E-state index contributed by atoms with van der Waals surface area (Å²) >= 11 is 0. The molecule has 0 heterocycles. The van der Waals surface area contributed by atoms with Crippen molar-refractivity contribution < 1.29 is 9.47 Å². The van der Waals surface area contributed by atoms with Crippen LogP contribution >= 0.6 is 0 Å². The molecule has 2 N–H and O–H groups in total. The SMILES string of the molecule is CN=C(NCCCCCOC)NCCCOc1ccccc1. The van der Waals surface area contributed by atoms with Crippen molar-refractivity contribution in [3.05, 3.63) is 30.3 Å². The van der Waals surface area contributed by atoms with E-state index in [2.05, 4.69) is 15.6 Å². The van der Waals surface area contributed by atoms with Gasteiger partial charge in [0.25, 0.3) is 0 Å². The zero-order chi connectivity index (χ0) is 15.9. The fourth-order valence-corrected chi connectivity index (χ4v) is 1.96. The molecule has 0 saturated carbocycles. The van der Waals surface area contributed by atoms with Gasteiger partial charge in [0.1, 0.15) is 5.75 Å². The van der Waals surface area contributed by atoms with E-state index < -0.39 is 0 Å². The van der Waals surface area contributed by atoms with Crippen LogP contribution in [-0.4, -0.2) is 46.4 Å². The molecule has 0 spiro atoms. The van der Waals surface area contributed by atoms with Gasteiger partial charge in [-0.05, 0) is 37.8 Å². The molecule has 5 heteroatoms. The van der Waals surface area contributed by atoms with Crippen LogP contribution in [0.3, 0.4) is 0 Å². The van der Waals surface area contributed by atoms with E-state index >= 15 is 0 Å². The van der Waals surface area contributed by atoms with Crippen molar-refractivity contribution in [2.75, 3.05) is 40.5 Å². The van der Waals surface area contributed by atoms with Crippen LogP contribution in [0.5, 0.6) is 5.75 Å². The third-order valence-electron chi connectivity index (χ3n) is 3.17. The van der Waals surface area contributed by atoms with Crippen molar-refractivity contribution in [2.24, 2.45) is 4.99 Å². The summed E-state index contributed by atoms with van der Waals surface area (Å²) in [5, 5.41) is 6.60. The summed E-state index contributed by atoms with van der Waals surface area (Å²) in [6.45, 7) is 3.32. The highest BCUT2D eigenvalue weighted by atomic mass is 16.5. The van der Waals surface area contributed by atoms with Crippen LogP contribution in [0, 0.1) is 0 Å². The molecular formula is C17H29N3O2. The molecule has 0 aliphatic carbocycles. The second kappa shape index (κ2) is 13.0. The molecule has 1 rings (SSSR count). The molecule has 1 aromatic rings. The maximum absolute atomic E-state index is 5.65. The van der Waals surface area contributed by atoms with Gasteiger partial charge in [0.2, 0.25) is 0 Å². The number of methoxy groups -OCH3 is 1. The number of nitrogens with zero attached hydrogens (tertiary/aromatic N) is 1. The number of nitrogens with one attached hydrogen (secondary N) is 2. The van der Waals surface area contributed by atoms with E-state index in [4.69, 9.17) is 9.47 Å². The maximum Gasteiger partial charge on any atom is 0.190 e. The van der Waals surface area contributed by atoms with Crippen LogP contribution in [0.25, 0.3) is 0 Å². The predicted molar refractivity (Wildman–Crippen MR) is 91.6 cm³/mol. The highest BCUT2D eigenvalue weighted by Crippen LogP contribution is 2.07. The number of benzene rings is 1. The number of guanidine groups is 1. The molecule has 0 aromatic heterocycles. The number of rotatable bonds is 11. The molecule has 0 unspecified atom stereocenters. The van der Waals surface area contributed by atoms with Gasteiger partial charge in [0.15, 0.2) is 5.96 Å². The topological polar surface area (TPSA) is 54.9 Å². The van der Waals surface area contributed by atoms with Crippen molar-refractivity contribution in [1.29, 1.82) is 0 Å². The van der Waals surface area contributed by atoms with Crippen LogP contribution < -0.4 is 15.4 Å².